The van der Waals surface area contributed by atoms with E-state index in [9.17, 15) is 4.79 Å². The molecular weight excluding hydrogens is 326 g/mol. The van der Waals surface area contributed by atoms with Crippen LogP contribution in [-0.4, -0.2) is 23.0 Å². The molecule has 26 heavy (non-hydrogen) atoms. The van der Waals surface area contributed by atoms with Gasteiger partial charge in [0.2, 0.25) is 5.91 Å². The predicted molar refractivity (Wildman–Crippen MR) is 101 cm³/mol. The molecule has 1 amide bonds. The van der Waals surface area contributed by atoms with Crippen molar-refractivity contribution in [2.24, 2.45) is 0 Å². The van der Waals surface area contributed by atoms with Crippen LogP contribution < -0.4 is 10.1 Å². The zero-order valence-electron chi connectivity index (χ0n) is 15.0. The third-order valence-corrected chi connectivity index (χ3v) is 4.50. The first kappa shape index (κ1) is 17.7. The molecule has 3 rings (SSSR count). The largest absolute Gasteiger partial charge is 0.497 e. The second kappa shape index (κ2) is 8.34. The second-order valence-corrected chi connectivity index (χ2v) is 6.19. The number of amides is 1. The molecule has 0 saturated heterocycles. The van der Waals surface area contributed by atoms with Crippen molar-refractivity contribution in [3.63, 3.8) is 0 Å². The number of aryl methyl sites for hydroxylation is 1. The minimum atomic E-state index is -0.0117. The molecule has 0 bridgehead atoms. The Kier molecular flexibility index (Phi) is 5.69. The average molecular weight is 349 g/mol. The summed E-state index contributed by atoms with van der Waals surface area (Å²) in [4.78, 5) is 19.8. The highest BCUT2D eigenvalue weighted by molar-refractivity contribution is 5.77. The van der Waals surface area contributed by atoms with Crippen LogP contribution in [0.3, 0.4) is 0 Å². The Bertz CT molecular complexity index is 841. The molecule has 0 saturated carbocycles. The maximum atomic E-state index is 12.6. The molecular formula is C21H23N3O2. The standard InChI is InChI=1S/C21H23N3O2/c1-15-20(24-14-23-15)13-22-21(25)12-19(16-6-4-3-5-7-16)17-8-10-18(26-2)11-9-17/h3-11,14,19H,12-13H2,1-2H3,(H,22,25)(H,23,24). The number of ether oxygens (including phenoxy) is 1. The molecule has 0 aliphatic heterocycles. The first-order chi connectivity index (χ1) is 12.7. The smallest absolute Gasteiger partial charge is 0.221 e. The lowest BCUT2D eigenvalue weighted by atomic mass is 9.88. The number of hydrogen-bond donors (Lipinski definition) is 2. The van der Waals surface area contributed by atoms with E-state index in [1.807, 2.05) is 49.4 Å². The van der Waals surface area contributed by atoms with Crippen molar-refractivity contribution in [2.75, 3.05) is 7.11 Å². The predicted octanol–water partition coefficient (Wildman–Crippen LogP) is 3.57. The number of carbonyl (C=O) groups is 1. The highest BCUT2D eigenvalue weighted by Crippen LogP contribution is 2.29. The van der Waals surface area contributed by atoms with Crippen LogP contribution in [0.25, 0.3) is 0 Å². The fourth-order valence-electron chi connectivity index (χ4n) is 2.95. The number of imidazole rings is 1. The molecule has 3 aromatic rings. The number of nitrogens with one attached hydrogen (secondary N) is 2. The summed E-state index contributed by atoms with van der Waals surface area (Å²) in [5.74, 6) is 0.790. The van der Waals surface area contributed by atoms with E-state index in [1.165, 1.54) is 0 Å². The SMILES string of the molecule is COc1ccc(C(CC(=O)NCc2nc[nH]c2C)c2ccccc2)cc1. The third-order valence-electron chi connectivity index (χ3n) is 4.50. The van der Waals surface area contributed by atoms with E-state index >= 15 is 0 Å². The lowest BCUT2D eigenvalue weighted by molar-refractivity contribution is -0.121. The van der Waals surface area contributed by atoms with Gasteiger partial charge in [-0.2, -0.15) is 0 Å². The maximum absolute atomic E-state index is 12.6. The number of nitrogens with zero attached hydrogens (tertiary/aromatic N) is 1. The van der Waals surface area contributed by atoms with Gasteiger partial charge in [-0.05, 0) is 30.2 Å². The van der Waals surface area contributed by atoms with Gasteiger partial charge >= 0.3 is 0 Å². The van der Waals surface area contributed by atoms with Crippen LogP contribution >= 0.6 is 0 Å². The van der Waals surface area contributed by atoms with Gasteiger partial charge in [-0.3, -0.25) is 4.79 Å². The fourth-order valence-corrected chi connectivity index (χ4v) is 2.95. The lowest BCUT2D eigenvalue weighted by Gasteiger charge is -2.18. The topological polar surface area (TPSA) is 67.0 Å². The molecule has 1 heterocycles. The monoisotopic (exact) mass is 349 g/mol. The molecule has 0 aliphatic carbocycles. The van der Waals surface area contributed by atoms with Crippen LogP contribution in [0.5, 0.6) is 5.75 Å². The van der Waals surface area contributed by atoms with Gasteiger partial charge in [0.25, 0.3) is 0 Å². The number of carbonyl (C=O) groups excluding carboxylic acids is 1. The second-order valence-electron chi connectivity index (χ2n) is 6.19. The van der Waals surface area contributed by atoms with E-state index < -0.39 is 0 Å². The zero-order valence-corrected chi connectivity index (χ0v) is 15.0. The quantitative estimate of drug-likeness (QED) is 0.685. The van der Waals surface area contributed by atoms with Crippen molar-refractivity contribution >= 4 is 5.91 Å². The Balaban J connectivity index is 1.75. The van der Waals surface area contributed by atoms with Crippen molar-refractivity contribution in [2.45, 2.75) is 25.8 Å². The van der Waals surface area contributed by atoms with Gasteiger partial charge in [0.1, 0.15) is 5.75 Å². The Labute approximate surface area is 153 Å². The summed E-state index contributed by atoms with van der Waals surface area (Å²) in [6.45, 7) is 2.37. The van der Waals surface area contributed by atoms with Crippen molar-refractivity contribution < 1.29 is 9.53 Å². The van der Waals surface area contributed by atoms with Crippen molar-refractivity contribution in [1.82, 2.24) is 15.3 Å². The first-order valence-electron chi connectivity index (χ1n) is 8.62. The summed E-state index contributed by atoms with van der Waals surface area (Å²) in [6.07, 6.45) is 2.01. The summed E-state index contributed by atoms with van der Waals surface area (Å²) < 4.78 is 5.24. The highest BCUT2D eigenvalue weighted by Gasteiger charge is 2.18. The van der Waals surface area contributed by atoms with E-state index in [1.54, 1.807) is 13.4 Å². The molecule has 0 radical (unpaired) electrons. The van der Waals surface area contributed by atoms with Crippen LogP contribution in [0.1, 0.15) is 34.9 Å². The molecule has 1 atom stereocenters. The zero-order chi connectivity index (χ0) is 18.4. The van der Waals surface area contributed by atoms with Crippen LogP contribution in [0.4, 0.5) is 0 Å². The minimum absolute atomic E-state index is 0.00271. The number of methoxy groups -OCH3 is 1. The van der Waals surface area contributed by atoms with E-state index in [4.69, 9.17) is 4.74 Å². The summed E-state index contributed by atoms with van der Waals surface area (Å²) >= 11 is 0. The molecule has 1 aromatic heterocycles. The molecule has 0 aliphatic rings. The Morgan fingerprint density at radius 3 is 2.42 bits per heavy atom. The minimum Gasteiger partial charge on any atom is -0.497 e. The van der Waals surface area contributed by atoms with E-state index in [2.05, 4.69) is 27.4 Å². The summed E-state index contributed by atoms with van der Waals surface area (Å²) in [5.41, 5.74) is 4.03. The number of H-pyrrole nitrogens is 1. The average Bonchev–Trinajstić information content (AvgIpc) is 3.10. The number of aromatic nitrogens is 2. The number of hydrogen-bond acceptors (Lipinski definition) is 3. The molecule has 0 fully saturated rings. The number of benzene rings is 2. The summed E-state index contributed by atoms with van der Waals surface area (Å²) in [6, 6.07) is 18.0. The lowest BCUT2D eigenvalue weighted by Crippen LogP contribution is -2.25. The normalized spacial score (nSPS) is 11.8. The molecule has 2 aromatic carbocycles. The first-order valence-corrected chi connectivity index (χ1v) is 8.62. The Hall–Kier alpha value is -3.08. The van der Waals surface area contributed by atoms with Crippen LogP contribution in [0, 0.1) is 6.92 Å². The van der Waals surface area contributed by atoms with E-state index in [0.29, 0.717) is 13.0 Å². The molecule has 0 spiro atoms. The van der Waals surface area contributed by atoms with Crippen molar-refractivity contribution in [3.05, 3.63) is 83.4 Å². The van der Waals surface area contributed by atoms with Gasteiger partial charge in [0, 0.05) is 18.0 Å². The Morgan fingerprint density at radius 1 is 1.12 bits per heavy atom. The fraction of sp³-hybridized carbons (Fsp3) is 0.238. The van der Waals surface area contributed by atoms with Gasteiger partial charge in [0.15, 0.2) is 0 Å². The summed E-state index contributed by atoms with van der Waals surface area (Å²) in [7, 11) is 1.65. The number of aromatic amines is 1. The van der Waals surface area contributed by atoms with E-state index in [0.717, 1.165) is 28.3 Å². The van der Waals surface area contributed by atoms with Gasteiger partial charge in [-0.1, -0.05) is 42.5 Å². The van der Waals surface area contributed by atoms with Gasteiger partial charge in [0.05, 0.1) is 25.7 Å². The third kappa shape index (κ3) is 4.30. The molecule has 5 nitrogen and oxygen atoms in total. The maximum Gasteiger partial charge on any atom is 0.221 e. The molecule has 2 N–H and O–H groups in total. The van der Waals surface area contributed by atoms with Crippen molar-refractivity contribution in [1.29, 1.82) is 0 Å². The summed E-state index contributed by atoms with van der Waals surface area (Å²) in [5, 5.41) is 2.97. The Morgan fingerprint density at radius 2 is 1.81 bits per heavy atom. The molecule has 5 heteroatoms. The van der Waals surface area contributed by atoms with Crippen LogP contribution in [-0.2, 0) is 11.3 Å². The molecule has 134 valence electrons. The van der Waals surface area contributed by atoms with Gasteiger partial charge in [-0.15, -0.1) is 0 Å². The van der Waals surface area contributed by atoms with E-state index in [-0.39, 0.29) is 11.8 Å². The highest BCUT2D eigenvalue weighted by atomic mass is 16.5. The molecule has 1 unspecified atom stereocenters. The van der Waals surface area contributed by atoms with Gasteiger partial charge < -0.3 is 15.0 Å². The van der Waals surface area contributed by atoms with Crippen molar-refractivity contribution in [3.8, 4) is 5.75 Å². The van der Waals surface area contributed by atoms with Crippen LogP contribution in [0.15, 0.2) is 60.9 Å². The van der Waals surface area contributed by atoms with Crippen LogP contribution in [0.2, 0.25) is 0 Å². The van der Waals surface area contributed by atoms with Gasteiger partial charge in [-0.25, -0.2) is 4.98 Å². The number of rotatable bonds is 7.